The van der Waals surface area contributed by atoms with E-state index in [2.05, 4.69) is 15.7 Å². The molecule has 0 aliphatic heterocycles. The van der Waals surface area contributed by atoms with E-state index >= 15 is 0 Å². The number of aryl methyl sites for hydroxylation is 2. The Morgan fingerprint density at radius 2 is 2.05 bits per heavy atom. The highest BCUT2D eigenvalue weighted by Gasteiger charge is 2.17. The van der Waals surface area contributed by atoms with Crippen LogP contribution in [0.3, 0.4) is 0 Å². The second-order valence-electron chi connectivity index (χ2n) is 5.18. The van der Waals surface area contributed by atoms with Crippen molar-refractivity contribution in [1.29, 1.82) is 0 Å². The fraction of sp³-hybridized carbons (Fsp3) is 0.615. The maximum absolute atomic E-state index is 11.6. The number of nitrogens with one attached hydrogen (secondary N) is 2. The molecule has 0 aliphatic carbocycles. The number of nitrogens with two attached hydrogens (primary N) is 1. The second-order valence-corrected chi connectivity index (χ2v) is 5.18. The van der Waals surface area contributed by atoms with E-state index in [1.165, 1.54) is 0 Å². The maximum Gasteiger partial charge on any atom is 0.239 e. The Bertz CT molecular complexity index is 481. The molecule has 0 saturated carbocycles. The van der Waals surface area contributed by atoms with Gasteiger partial charge in [0.05, 0.1) is 18.3 Å². The van der Waals surface area contributed by atoms with E-state index in [0.717, 1.165) is 11.3 Å². The first-order valence-corrected chi connectivity index (χ1v) is 6.60. The Morgan fingerprint density at radius 3 is 2.55 bits per heavy atom. The van der Waals surface area contributed by atoms with E-state index in [1.807, 2.05) is 34.0 Å². The molecule has 1 aromatic rings. The molecular formula is C13H23N5O2. The molecule has 7 heteroatoms. The molecular weight excluding hydrogens is 258 g/mol. The Hall–Kier alpha value is -1.89. The SMILES string of the molecule is Cc1nn(C)cc1CNC(=O)CNC(=O)[C@@H](N)C(C)C. The van der Waals surface area contributed by atoms with Crippen LogP contribution in [0.1, 0.15) is 25.1 Å². The molecule has 0 aromatic carbocycles. The van der Waals surface area contributed by atoms with Crippen molar-refractivity contribution in [2.45, 2.75) is 33.4 Å². The Kier molecular flexibility index (Phi) is 5.69. The second kappa shape index (κ2) is 7.04. The van der Waals surface area contributed by atoms with Gasteiger partial charge < -0.3 is 16.4 Å². The number of carbonyl (C=O) groups excluding carboxylic acids is 2. The summed E-state index contributed by atoms with van der Waals surface area (Å²) in [5.41, 5.74) is 7.50. The molecule has 20 heavy (non-hydrogen) atoms. The lowest BCUT2D eigenvalue weighted by Gasteiger charge is -2.15. The van der Waals surface area contributed by atoms with Gasteiger partial charge in [-0.15, -0.1) is 0 Å². The predicted molar refractivity (Wildman–Crippen MR) is 75.6 cm³/mol. The van der Waals surface area contributed by atoms with E-state index in [-0.39, 0.29) is 24.3 Å². The molecule has 112 valence electrons. The molecule has 0 unspecified atom stereocenters. The zero-order chi connectivity index (χ0) is 15.3. The third kappa shape index (κ3) is 4.65. The molecule has 1 aromatic heterocycles. The smallest absolute Gasteiger partial charge is 0.239 e. The molecule has 0 radical (unpaired) electrons. The van der Waals surface area contributed by atoms with Gasteiger partial charge in [0.25, 0.3) is 0 Å². The Balaban J connectivity index is 2.34. The summed E-state index contributed by atoms with van der Waals surface area (Å²) in [6.07, 6.45) is 1.85. The highest BCUT2D eigenvalue weighted by molar-refractivity contribution is 5.87. The average Bonchev–Trinajstić information content (AvgIpc) is 2.70. The molecule has 1 heterocycles. The minimum Gasteiger partial charge on any atom is -0.350 e. The highest BCUT2D eigenvalue weighted by atomic mass is 16.2. The fourth-order valence-electron chi connectivity index (χ4n) is 1.67. The number of hydrogen-bond acceptors (Lipinski definition) is 4. The van der Waals surface area contributed by atoms with Crippen LogP contribution in [0.4, 0.5) is 0 Å². The van der Waals surface area contributed by atoms with Gasteiger partial charge in [-0.1, -0.05) is 13.8 Å². The molecule has 0 spiro atoms. The molecule has 0 aliphatic rings. The highest BCUT2D eigenvalue weighted by Crippen LogP contribution is 2.03. The zero-order valence-electron chi connectivity index (χ0n) is 12.4. The molecule has 1 atom stereocenters. The van der Waals surface area contributed by atoms with Crippen LogP contribution in [0, 0.1) is 12.8 Å². The summed E-state index contributed by atoms with van der Waals surface area (Å²) in [5, 5.41) is 9.44. The topological polar surface area (TPSA) is 102 Å². The van der Waals surface area contributed by atoms with Gasteiger partial charge in [-0.2, -0.15) is 5.10 Å². The molecule has 4 N–H and O–H groups in total. The number of aromatic nitrogens is 2. The minimum atomic E-state index is -0.594. The number of carbonyl (C=O) groups is 2. The summed E-state index contributed by atoms with van der Waals surface area (Å²) < 4.78 is 1.69. The van der Waals surface area contributed by atoms with Crippen LogP contribution in [0.2, 0.25) is 0 Å². The summed E-state index contributed by atoms with van der Waals surface area (Å²) in [4.78, 5) is 23.2. The van der Waals surface area contributed by atoms with Gasteiger partial charge in [0.1, 0.15) is 0 Å². The van der Waals surface area contributed by atoms with Crippen LogP contribution >= 0.6 is 0 Å². The van der Waals surface area contributed by atoms with Gasteiger partial charge in [0, 0.05) is 25.4 Å². The molecule has 2 amide bonds. The fourth-order valence-corrected chi connectivity index (χ4v) is 1.67. The van der Waals surface area contributed by atoms with Crippen LogP contribution in [0.25, 0.3) is 0 Å². The van der Waals surface area contributed by atoms with Crippen molar-refractivity contribution in [2.75, 3.05) is 6.54 Å². The predicted octanol–water partition coefficient (Wildman–Crippen LogP) is -0.556. The molecule has 7 nitrogen and oxygen atoms in total. The lowest BCUT2D eigenvalue weighted by molar-refractivity contribution is -0.127. The van der Waals surface area contributed by atoms with Crippen LogP contribution < -0.4 is 16.4 Å². The van der Waals surface area contributed by atoms with E-state index in [9.17, 15) is 9.59 Å². The van der Waals surface area contributed by atoms with E-state index in [4.69, 9.17) is 5.73 Å². The maximum atomic E-state index is 11.6. The molecule has 0 bridgehead atoms. The summed E-state index contributed by atoms with van der Waals surface area (Å²) in [5.74, 6) is -0.527. The first kappa shape index (κ1) is 16.2. The van der Waals surface area contributed by atoms with E-state index in [1.54, 1.807) is 4.68 Å². The first-order chi connectivity index (χ1) is 9.31. The van der Waals surface area contributed by atoms with Crippen LogP contribution in [0.5, 0.6) is 0 Å². The summed E-state index contributed by atoms with van der Waals surface area (Å²) >= 11 is 0. The summed E-state index contributed by atoms with van der Waals surface area (Å²) in [6.45, 7) is 5.92. The van der Waals surface area contributed by atoms with Crippen molar-refractivity contribution >= 4 is 11.8 Å². The van der Waals surface area contributed by atoms with Gasteiger partial charge in [-0.05, 0) is 12.8 Å². The monoisotopic (exact) mass is 281 g/mol. The quantitative estimate of drug-likeness (QED) is 0.650. The third-order valence-corrected chi connectivity index (χ3v) is 3.04. The summed E-state index contributed by atoms with van der Waals surface area (Å²) in [7, 11) is 1.83. The van der Waals surface area contributed by atoms with Crippen molar-refractivity contribution in [2.24, 2.45) is 18.7 Å². The Morgan fingerprint density at radius 1 is 1.40 bits per heavy atom. The number of hydrogen-bond donors (Lipinski definition) is 3. The van der Waals surface area contributed by atoms with Crippen LogP contribution in [-0.4, -0.2) is 34.2 Å². The lowest BCUT2D eigenvalue weighted by atomic mass is 10.1. The lowest BCUT2D eigenvalue weighted by Crippen LogP contribution is -2.47. The first-order valence-electron chi connectivity index (χ1n) is 6.60. The standard InChI is InChI=1S/C13H23N5O2/c1-8(2)12(14)13(20)16-6-11(19)15-5-10-7-18(4)17-9(10)3/h7-8,12H,5-6,14H2,1-4H3,(H,15,19)(H,16,20)/t12-/m0/s1. The van der Waals surface area contributed by atoms with Crippen LogP contribution in [-0.2, 0) is 23.2 Å². The normalized spacial score (nSPS) is 12.3. The van der Waals surface area contributed by atoms with Gasteiger partial charge >= 0.3 is 0 Å². The number of rotatable bonds is 6. The van der Waals surface area contributed by atoms with Crippen molar-refractivity contribution in [3.05, 3.63) is 17.5 Å². The summed E-state index contributed by atoms with van der Waals surface area (Å²) in [6, 6.07) is -0.594. The van der Waals surface area contributed by atoms with E-state index in [0.29, 0.717) is 6.54 Å². The van der Waals surface area contributed by atoms with Gasteiger partial charge in [0.15, 0.2) is 0 Å². The number of amides is 2. The average molecular weight is 281 g/mol. The third-order valence-electron chi connectivity index (χ3n) is 3.04. The van der Waals surface area contributed by atoms with Crippen molar-refractivity contribution in [1.82, 2.24) is 20.4 Å². The minimum absolute atomic E-state index is 0.0381. The molecule has 1 rings (SSSR count). The van der Waals surface area contributed by atoms with Crippen LogP contribution in [0.15, 0.2) is 6.20 Å². The van der Waals surface area contributed by atoms with Crippen molar-refractivity contribution in [3.8, 4) is 0 Å². The van der Waals surface area contributed by atoms with Gasteiger partial charge in [-0.3, -0.25) is 14.3 Å². The van der Waals surface area contributed by atoms with Crippen molar-refractivity contribution < 1.29 is 9.59 Å². The molecule has 0 saturated heterocycles. The van der Waals surface area contributed by atoms with Gasteiger partial charge in [-0.25, -0.2) is 0 Å². The largest absolute Gasteiger partial charge is 0.350 e. The van der Waals surface area contributed by atoms with Gasteiger partial charge in [0.2, 0.25) is 11.8 Å². The van der Waals surface area contributed by atoms with E-state index < -0.39 is 6.04 Å². The Labute approximate surface area is 118 Å². The zero-order valence-corrected chi connectivity index (χ0v) is 12.4. The number of nitrogens with zero attached hydrogens (tertiary/aromatic N) is 2. The molecule has 0 fully saturated rings. The van der Waals surface area contributed by atoms with Crippen molar-refractivity contribution in [3.63, 3.8) is 0 Å².